The molecule has 0 aliphatic rings. The van der Waals surface area contributed by atoms with Crippen LogP contribution in [0.4, 0.5) is 4.39 Å². The predicted octanol–water partition coefficient (Wildman–Crippen LogP) is 4.46. The smallest absolute Gasteiger partial charge is 0.165 e. The van der Waals surface area contributed by atoms with Crippen molar-refractivity contribution in [3.63, 3.8) is 0 Å². The fourth-order valence-electron chi connectivity index (χ4n) is 1.76. The molecule has 0 unspecified atom stereocenters. The molecule has 3 aromatic rings. The fraction of sp³-hybridized carbons (Fsp3) is 0. The highest BCUT2D eigenvalue weighted by molar-refractivity contribution is 6.30. The van der Waals surface area contributed by atoms with Gasteiger partial charge in [-0.3, -0.25) is 0 Å². The van der Waals surface area contributed by atoms with Crippen LogP contribution in [-0.4, -0.2) is 9.78 Å². The summed E-state index contributed by atoms with van der Waals surface area (Å²) >= 11 is 5.84. The lowest BCUT2D eigenvalue weighted by molar-refractivity contribution is 0.476. The molecule has 1 heterocycles. The van der Waals surface area contributed by atoms with E-state index in [0.717, 1.165) is 5.69 Å². The van der Waals surface area contributed by atoms with Gasteiger partial charge in [0.15, 0.2) is 5.75 Å². The van der Waals surface area contributed by atoms with Crippen LogP contribution in [-0.2, 0) is 0 Å². The van der Waals surface area contributed by atoms with Crippen LogP contribution in [0.25, 0.3) is 5.69 Å². The Kier molecular flexibility index (Phi) is 3.39. The SMILES string of the molecule is Fc1cccc(Oc2cnn(-c3ccc(Cl)cc3)c2)c1. The highest BCUT2D eigenvalue weighted by atomic mass is 35.5. The summed E-state index contributed by atoms with van der Waals surface area (Å²) in [6.45, 7) is 0. The maximum Gasteiger partial charge on any atom is 0.165 e. The summed E-state index contributed by atoms with van der Waals surface area (Å²) in [4.78, 5) is 0. The van der Waals surface area contributed by atoms with Crippen LogP contribution in [0.2, 0.25) is 5.02 Å². The Bertz CT molecular complexity index is 725. The zero-order chi connectivity index (χ0) is 13.9. The number of aromatic nitrogens is 2. The van der Waals surface area contributed by atoms with Crippen LogP contribution in [0, 0.1) is 5.82 Å². The third-order valence-corrected chi connectivity index (χ3v) is 2.93. The molecular formula is C15H10ClFN2O. The first-order valence-corrected chi connectivity index (χ1v) is 6.32. The van der Waals surface area contributed by atoms with Crippen LogP contribution in [0.15, 0.2) is 60.9 Å². The molecule has 0 saturated carbocycles. The molecule has 3 nitrogen and oxygen atoms in total. The van der Waals surface area contributed by atoms with Gasteiger partial charge in [-0.25, -0.2) is 9.07 Å². The van der Waals surface area contributed by atoms with Crippen molar-refractivity contribution in [1.82, 2.24) is 9.78 Å². The molecule has 3 rings (SSSR count). The molecule has 0 spiro atoms. The zero-order valence-corrected chi connectivity index (χ0v) is 11.1. The van der Waals surface area contributed by atoms with Gasteiger partial charge in [-0.1, -0.05) is 17.7 Å². The van der Waals surface area contributed by atoms with Crippen molar-refractivity contribution in [2.75, 3.05) is 0 Å². The van der Waals surface area contributed by atoms with Gasteiger partial charge >= 0.3 is 0 Å². The maximum atomic E-state index is 13.1. The summed E-state index contributed by atoms with van der Waals surface area (Å²) in [5.74, 6) is 0.624. The van der Waals surface area contributed by atoms with E-state index in [1.54, 1.807) is 41.3 Å². The zero-order valence-electron chi connectivity index (χ0n) is 10.3. The van der Waals surface area contributed by atoms with Crippen LogP contribution in [0.1, 0.15) is 0 Å². The Morgan fingerprint density at radius 1 is 1.05 bits per heavy atom. The molecule has 0 bridgehead atoms. The third-order valence-electron chi connectivity index (χ3n) is 2.68. The molecule has 0 aliphatic carbocycles. The van der Waals surface area contributed by atoms with E-state index in [2.05, 4.69) is 5.10 Å². The number of hydrogen-bond acceptors (Lipinski definition) is 2. The van der Waals surface area contributed by atoms with Crippen molar-refractivity contribution in [3.05, 3.63) is 71.8 Å². The molecule has 20 heavy (non-hydrogen) atoms. The highest BCUT2D eigenvalue weighted by Gasteiger charge is 2.04. The molecule has 2 aromatic carbocycles. The molecule has 0 fully saturated rings. The fourth-order valence-corrected chi connectivity index (χ4v) is 1.89. The van der Waals surface area contributed by atoms with Crippen molar-refractivity contribution in [1.29, 1.82) is 0 Å². The first-order chi connectivity index (χ1) is 9.70. The number of ether oxygens (including phenoxy) is 1. The minimum Gasteiger partial charge on any atom is -0.454 e. The Hall–Kier alpha value is -2.33. The second-order valence-corrected chi connectivity index (χ2v) is 4.59. The predicted molar refractivity (Wildman–Crippen MR) is 75.0 cm³/mol. The summed E-state index contributed by atoms with van der Waals surface area (Å²) in [6, 6.07) is 13.2. The van der Waals surface area contributed by atoms with E-state index in [9.17, 15) is 4.39 Å². The van der Waals surface area contributed by atoms with Gasteiger partial charge in [0.2, 0.25) is 0 Å². The van der Waals surface area contributed by atoms with Gasteiger partial charge in [0.05, 0.1) is 18.1 Å². The van der Waals surface area contributed by atoms with E-state index < -0.39 is 0 Å². The Morgan fingerprint density at radius 2 is 1.85 bits per heavy atom. The first kappa shape index (κ1) is 12.7. The summed E-state index contributed by atoms with van der Waals surface area (Å²) in [6.07, 6.45) is 3.29. The minimum absolute atomic E-state index is 0.340. The summed E-state index contributed by atoms with van der Waals surface area (Å²) in [5.41, 5.74) is 0.864. The van der Waals surface area contributed by atoms with Crippen molar-refractivity contribution < 1.29 is 9.13 Å². The summed E-state index contributed by atoms with van der Waals surface area (Å²) in [5, 5.41) is 4.85. The molecule has 1 aromatic heterocycles. The van der Waals surface area contributed by atoms with Gasteiger partial charge in [0, 0.05) is 11.1 Å². The molecule has 0 saturated heterocycles. The molecular weight excluding hydrogens is 279 g/mol. The van der Waals surface area contributed by atoms with Crippen LogP contribution >= 0.6 is 11.6 Å². The number of rotatable bonds is 3. The largest absolute Gasteiger partial charge is 0.454 e. The van der Waals surface area contributed by atoms with E-state index in [4.69, 9.17) is 16.3 Å². The minimum atomic E-state index is -0.340. The van der Waals surface area contributed by atoms with Crippen LogP contribution in [0.5, 0.6) is 11.5 Å². The molecule has 5 heteroatoms. The number of nitrogens with zero attached hydrogens (tertiary/aromatic N) is 2. The number of hydrogen-bond donors (Lipinski definition) is 0. The number of benzene rings is 2. The lowest BCUT2D eigenvalue weighted by Gasteiger charge is -2.02. The Balaban J connectivity index is 1.82. The van der Waals surface area contributed by atoms with Gasteiger partial charge in [-0.15, -0.1) is 0 Å². The van der Waals surface area contributed by atoms with Gasteiger partial charge in [0.1, 0.15) is 11.6 Å². The summed E-state index contributed by atoms with van der Waals surface area (Å²) in [7, 11) is 0. The van der Waals surface area contributed by atoms with Crippen LogP contribution < -0.4 is 4.74 Å². The van der Waals surface area contributed by atoms with Crippen molar-refractivity contribution in [2.24, 2.45) is 0 Å². The molecule has 0 amide bonds. The van der Waals surface area contributed by atoms with Crippen molar-refractivity contribution >= 4 is 11.6 Å². The van der Waals surface area contributed by atoms with E-state index >= 15 is 0 Å². The molecule has 0 N–H and O–H groups in total. The normalized spacial score (nSPS) is 10.5. The Labute approximate surface area is 120 Å². The topological polar surface area (TPSA) is 27.1 Å². The van der Waals surface area contributed by atoms with Gasteiger partial charge in [-0.05, 0) is 36.4 Å². The monoisotopic (exact) mass is 288 g/mol. The Morgan fingerprint density at radius 3 is 2.60 bits per heavy atom. The molecule has 0 radical (unpaired) electrons. The van der Waals surface area contributed by atoms with E-state index in [1.165, 1.54) is 12.1 Å². The lowest BCUT2D eigenvalue weighted by atomic mass is 10.3. The maximum absolute atomic E-state index is 13.1. The summed E-state index contributed by atoms with van der Waals surface area (Å²) < 4.78 is 20.3. The third kappa shape index (κ3) is 2.81. The van der Waals surface area contributed by atoms with E-state index in [-0.39, 0.29) is 5.82 Å². The lowest BCUT2D eigenvalue weighted by Crippen LogP contribution is -1.92. The van der Waals surface area contributed by atoms with E-state index in [0.29, 0.717) is 16.5 Å². The standard InChI is InChI=1S/C15H10ClFN2O/c16-11-4-6-13(7-5-11)19-10-15(9-18-19)20-14-3-1-2-12(17)8-14/h1-10H. The van der Waals surface area contributed by atoms with Crippen LogP contribution in [0.3, 0.4) is 0 Å². The van der Waals surface area contributed by atoms with Crippen molar-refractivity contribution in [2.45, 2.75) is 0 Å². The van der Waals surface area contributed by atoms with Gasteiger partial charge in [0.25, 0.3) is 0 Å². The number of halogens is 2. The molecule has 0 aliphatic heterocycles. The average Bonchev–Trinajstić information content (AvgIpc) is 2.88. The molecule has 100 valence electrons. The second-order valence-electron chi connectivity index (χ2n) is 4.16. The van der Waals surface area contributed by atoms with Gasteiger partial charge in [-0.2, -0.15) is 5.10 Å². The first-order valence-electron chi connectivity index (χ1n) is 5.95. The molecule has 0 atom stereocenters. The highest BCUT2D eigenvalue weighted by Crippen LogP contribution is 2.22. The second kappa shape index (κ2) is 5.35. The average molecular weight is 289 g/mol. The van der Waals surface area contributed by atoms with Gasteiger partial charge < -0.3 is 4.74 Å². The quantitative estimate of drug-likeness (QED) is 0.711. The van der Waals surface area contributed by atoms with Crippen molar-refractivity contribution in [3.8, 4) is 17.2 Å². The van der Waals surface area contributed by atoms with E-state index in [1.807, 2.05) is 12.1 Å².